The Morgan fingerprint density at radius 2 is 1.81 bits per heavy atom. The Hall–Kier alpha value is -2.04. The van der Waals surface area contributed by atoms with E-state index in [4.69, 9.17) is 9.47 Å². The monoisotopic (exact) mass is 371 g/mol. The largest absolute Gasteiger partial charge is 0.494 e. The van der Waals surface area contributed by atoms with Crippen molar-refractivity contribution >= 4 is 11.9 Å². The minimum atomic E-state index is -0.372. The van der Waals surface area contributed by atoms with Crippen molar-refractivity contribution in [2.24, 2.45) is 17.3 Å². The number of para-hydroxylation sites is 1. The summed E-state index contributed by atoms with van der Waals surface area (Å²) >= 11 is 0. The lowest BCUT2D eigenvalue weighted by Crippen LogP contribution is -2.64. The predicted molar refractivity (Wildman–Crippen MR) is 101 cm³/mol. The van der Waals surface area contributed by atoms with E-state index in [0.717, 1.165) is 37.9 Å². The number of rotatable bonds is 7. The van der Waals surface area contributed by atoms with E-state index in [1.54, 1.807) is 0 Å². The molecule has 4 aliphatic carbocycles. The minimum Gasteiger partial charge on any atom is -0.494 e. The molecule has 27 heavy (non-hydrogen) atoms. The lowest BCUT2D eigenvalue weighted by Gasteiger charge is -2.60. The first kappa shape index (κ1) is 18.3. The second kappa shape index (κ2) is 7.17. The van der Waals surface area contributed by atoms with E-state index in [0.29, 0.717) is 31.3 Å². The highest BCUT2D eigenvalue weighted by Crippen LogP contribution is 2.62. The van der Waals surface area contributed by atoms with Crippen molar-refractivity contribution in [1.82, 2.24) is 5.32 Å². The van der Waals surface area contributed by atoms with Gasteiger partial charge in [0.15, 0.2) is 0 Å². The van der Waals surface area contributed by atoms with Gasteiger partial charge in [0, 0.05) is 12.0 Å². The Bertz CT molecular complexity index is 688. The van der Waals surface area contributed by atoms with Crippen LogP contribution in [-0.4, -0.2) is 31.1 Å². The van der Waals surface area contributed by atoms with Gasteiger partial charge >= 0.3 is 5.97 Å². The van der Waals surface area contributed by atoms with E-state index in [2.05, 4.69) is 5.32 Å². The molecule has 0 saturated heterocycles. The van der Waals surface area contributed by atoms with Crippen LogP contribution in [0.1, 0.15) is 51.4 Å². The highest BCUT2D eigenvalue weighted by molar-refractivity contribution is 5.79. The second-order valence-corrected chi connectivity index (χ2v) is 8.83. The molecule has 146 valence electrons. The fourth-order valence-corrected chi connectivity index (χ4v) is 6.16. The lowest BCUT2D eigenvalue weighted by molar-refractivity contribution is -0.173. The molecule has 4 bridgehead atoms. The van der Waals surface area contributed by atoms with Crippen molar-refractivity contribution < 1.29 is 19.1 Å². The van der Waals surface area contributed by atoms with Gasteiger partial charge in [-0.25, -0.2) is 0 Å². The van der Waals surface area contributed by atoms with Crippen LogP contribution in [0.15, 0.2) is 30.3 Å². The highest BCUT2D eigenvalue weighted by atomic mass is 16.5. The van der Waals surface area contributed by atoms with Crippen molar-refractivity contribution in [2.75, 3.05) is 13.7 Å². The Balaban J connectivity index is 1.32. The van der Waals surface area contributed by atoms with Crippen molar-refractivity contribution in [3.63, 3.8) is 0 Å². The van der Waals surface area contributed by atoms with Crippen LogP contribution in [0.4, 0.5) is 0 Å². The average molecular weight is 371 g/mol. The summed E-state index contributed by atoms with van der Waals surface area (Å²) in [4.78, 5) is 25.1. The van der Waals surface area contributed by atoms with E-state index >= 15 is 0 Å². The van der Waals surface area contributed by atoms with Crippen molar-refractivity contribution in [2.45, 2.75) is 56.9 Å². The Labute approximate surface area is 160 Å². The van der Waals surface area contributed by atoms with Crippen molar-refractivity contribution in [3.05, 3.63) is 30.3 Å². The molecule has 0 radical (unpaired) electrons. The van der Waals surface area contributed by atoms with Gasteiger partial charge < -0.3 is 14.8 Å². The van der Waals surface area contributed by atoms with Gasteiger partial charge in [0.25, 0.3) is 0 Å². The third-order valence-electron chi connectivity index (χ3n) is 6.64. The van der Waals surface area contributed by atoms with Crippen LogP contribution in [0, 0.1) is 17.3 Å². The number of ether oxygens (including phenoxy) is 2. The number of nitrogens with one attached hydrogen (secondary N) is 1. The molecule has 2 atom stereocenters. The third-order valence-corrected chi connectivity index (χ3v) is 6.64. The fourth-order valence-electron chi connectivity index (χ4n) is 6.16. The minimum absolute atomic E-state index is 0.0773. The van der Waals surface area contributed by atoms with Gasteiger partial charge in [0.2, 0.25) is 5.91 Å². The van der Waals surface area contributed by atoms with Crippen LogP contribution in [0.3, 0.4) is 0 Å². The van der Waals surface area contributed by atoms with Gasteiger partial charge in [0.05, 0.1) is 19.1 Å². The normalized spacial score (nSPS) is 33.5. The molecule has 4 aliphatic rings. The molecule has 0 spiro atoms. The van der Waals surface area contributed by atoms with E-state index in [-0.39, 0.29) is 22.8 Å². The zero-order chi connectivity index (χ0) is 18.9. The molecule has 4 saturated carbocycles. The van der Waals surface area contributed by atoms with Gasteiger partial charge in [-0.1, -0.05) is 18.2 Å². The second-order valence-electron chi connectivity index (χ2n) is 8.83. The Morgan fingerprint density at radius 1 is 1.11 bits per heavy atom. The van der Waals surface area contributed by atoms with Gasteiger partial charge in [0.1, 0.15) is 5.75 Å². The summed E-state index contributed by atoms with van der Waals surface area (Å²) in [6, 6.07) is 9.66. The number of hydrogen-bond acceptors (Lipinski definition) is 4. The van der Waals surface area contributed by atoms with E-state index in [1.165, 1.54) is 13.5 Å². The molecule has 1 amide bonds. The van der Waals surface area contributed by atoms with Crippen LogP contribution in [0.25, 0.3) is 0 Å². The quantitative estimate of drug-likeness (QED) is 0.589. The lowest BCUT2D eigenvalue weighted by atomic mass is 9.47. The Morgan fingerprint density at radius 3 is 2.48 bits per heavy atom. The van der Waals surface area contributed by atoms with Gasteiger partial charge in [-0.2, -0.15) is 0 Å². The molecular formula is C22H29NO4. The highest BCUT2D eigenvalue weighted by Gasteiger charge is 2.61. The summed E-state index contributed by atoms with van der Waals surface area (Å²) in [6.45, 7) is 0.530. The van der Waals surface area contributed by atoms with Crippen LogP contribution in [-0.2, 0) is 14.3 Å². The van der Waals surface area contributed by atoms with Crippen LogP contribution in [0.5, 0.6) is 5.75 Å². The standard InChI is InChI=1S/C22H29NO4/c1-26-20(25)21-11-16-10-17(12-21)14-22(13-16,15-21)23-19(24)8-5-9-27-18-6-3-2-4-7-18/h2-4,6-7,16-17H,5,8-15H2,1H3,(H,23,24). The number of benzene rings is 1. The first-order chi connectivity index (χ1) is 13.0. The first-order valence-corrected chi connectivity index (χ1v) is 10.1. The van der Waals surface area contributed by atoms with Gasteiger partial charge in [-0.3, -0.25) is 9.59 Å². The molecule has 5 rings (SSSR count). The zero-order valence-corrected chi connectivity index (χ0v) is 16.0. The topological polar surface area (TPSA) is 64.6 Å². The maximum atomic E-state index is 12.6. The van der Waals surface area contributed by atoms with Crippen LogP contribution < -0.4 is 10.1 Å². The van der Waals surface area contributed by atoms with Crippen LogP contribution >= 0.6 is 0 Å². The molecule has 5 nitrogen and oxygen atoms in total. The molecule has 4 fully saturated rings. The van der Waals surface area contributed by atoms with E-state index in [1.807, 2.05) is 30.3 Å². The zero-order valence-electron chi connectivity index (χ0n) is 16.0. The average Bonchev–Trinajstić information content (AvgIpc) is 2.64. The first-order valence-electron chi connectivity index (χ1n) is 10.1. The molecule has 1 aromatic carbocycles. The number of esters is 1. The number of methoxy groups -OCH3 is 1. The molecule has 5 heteroatoms. The van der Waals surface area contributed by atoms with Gasteiger partial charge in [-0.15, -0.1) is 0 Å². The summed E-state index contributed by atoms with van der Waals surface area (Å²) in [7, 11) is 1.49. The molecule has 0 heterocycles. The SMILES string of the molecule is COC(=O)C12CC3CC(CC(NC(=O)CCCOc4ccccc4)(C3)C1)C2. The van der Waals surface area contributed by atoms with Crippen LogP contribution in [0.2, 0.25) is 0 Å². The molecule has 0 aliphatic heterocycles. The predicted octanol–water partition coefficient (Wildman–Crippen LogP) is 3.47. The van der Waals surface area contributed by atoms with Crippen molar-refractivity contribution in [3.8, 4) is 5.75 Å². The number of hydrogen-bond donors (Lipinski definition) is 1. The number of carbonyl (C=O) groups excluding carboxylic acids is 2. The molecule has 2 unspecified atom stereocenters. The summed E-state index contributed by atoms with van der Waals surface area (Å²) in [5.74, 6) is 1.90. The summed E-state index contributed by atoms with van der Waals surface area (Å²) < 4.78 is 10.8. The Kier molecular flexibility index (Phi) is 4.87. The number of carbonyl (C=O) groups is 2. The fraction of sp³-hybridized carbons (Fsp3) is 0.636. The summed E-state index contributed by atoms with van der Waals surface area (Å²) in [6.07, 6.45) is 6.95. The maximum Gasteiger partial charge on any atom is 0.311 e. The molecule has 0 aromatic heterocycles. The summed E-state index contributed by atoms with van der Waals surface area (Å²) in [5, 5.41) is 3.32. The maximum absolute atomic E-state index is 12.6. The van der Waals surface area contributed by atoms with Crippen molar-refractivity contribution in [1.29, 1.82) is 0 Å². The van der Waals surface area contributed by atoms with E-state index < -0.39 is 0 Å². The smallest absolute Gasteiger partial charge is 0.311 e. The van der Waals surface area contributed by atoms with E-state index in [9.17, 15) is 9.59 Å². The van der Waals surface area contributed by atoms with Gasteiger partial charge in [-0.05, 0) is 68.9 Å². The molecular weight excluding hydrogens is 342 g/mol. The number of amides is 1. The molecule has 1 N–H and O–H groups in total. The third kappa shape index (κ3) is 3.69. The summed E-state index contributed by atoms with van der Waals surface area (Å²) in [5.41, 5.74) is -0.585. The molecule has 1 aromatic rings.